The number of benzene rings is 5. The lowest BCUT2D eigenvalue weighted by atomic mass is 9.91. The summed E-state index contributed by atoms with van der Waals surface area (Å²) in [7, 11) is 2.18. The molecule has 0 N–H and O–H groups in total. The molecule has 0 radical (unpaired) electrons. The van der Waals surface area contributed by atoms with Crippen LogP contribution in [0.5, 0.6) is 0 Å². The van der Waals surface area contributed by atoms with E-state index in [9.17, 15) is 0 Å². The van der Waals surface area contributed by atoms with Crippen LogP contribution in [0.3, 0.4) is 0 Å². The first-order chi connectivity index (χ1) is 20.7. The molecule has 0 aliphatic carbocycles. The second-order valence-electron chi connectivity index (χ2n) is 12.3. The monoisotopic (exact) mass is 564 g/mol. The SMILES string of the molecule is Bc1cc(C)c(N(c2ccc(C)cc2)c2ccc(N(c3ccc(C)cc3)c3c(C)cc(CCCC)cc3C)cc2)c(C)c1. The predicted molar refractivity (Wildman–Crippen MR) is 191 cm³/mol. The Morgan fingerprint density at radius 3 is 1.16 bits per heavy atom. The molecule has 0 aliphatic heterocycles. The third-order valence-electron chi connectivity index (χ3n) is 8.40. The van der Waals surface area contributed by atoms with E-state index in [-0.39, 0.29) is 0 Å². The van der Waals surface area contributed by atoms with E-state index in [1.165, 1.54) is 74.3 Å². The van der Waals surface area contributed by atoms with E-state index in [0.717, 1.165) is 23.5 Å². The molecule has 0 saturated heterocycles. The van der Waals surface area contributed by atoms with Gasteiger partial charge in [-0.2, -0.15) is 0 Å². The zero-order valence-electron chi connectivity index (χ0n) is 27.3. The molecule has 0 amide bonds. The van der Waals surface area contributed by atoms with Gasteiger partial charge in [0, 0.05) is 22.7 Å². The molecule has 0 fully saturated rings. The summed E-state index contributed by atoms with van der Waals surface area (Å²) in [5.74, 6) is 0. The van der Waals surface area contributed by atoms with E-state index in [4.69, 9.17) is 0 Å². The smallest absolute Gasteiger partial charge is 0.139 e. The fraction of sp³-hybridized carbons (Fsp3) is 0.250. The number of aryl methyl sites for hydroxylation is 7. The van der Waals surface area contributed by atoms with Gasteiger partial charge in [-0.05, 0) is 131 Å². The quantitative estimate of drug-likeness (QED) is 0.164. The molecule has 5 rings (SSSR count). The highest BCUT2D eigenvalue weighted by Crippen LogP contribution is 2.42. The fourth-order valence-electron chi connectivity index (χ4n) is 6.40. The summed E-state index contributed by atoms with van der Waals surface area (Å²) in [6.45, 7) is 15.5. The van der Waals surface area contributed by atoms with Crippen LogP contribution in [0, 0.1) is 41.5 Å². The third-order valence-corrected chi connectivity index (χ3v) is 8.40. The molecular formula is C40H45BN2. The van der Waals surface area contributed by atoms with Crippen LogP contribution in [0.25, 0.3) is 0 Å². The van der Waals surface area contributed by atoms with Gasteiger partial charge in [0.05, 0.1) is 11.4 Å². The van der Waals surface area contributed by atoms with Crippen LogP contribution in [-0.2, 0) is 6.42 Å². The molecule has 5 aromatic rings. The normalized spacial score (nSPS) is 11.0. The summed E-state index contributed by atoms with van der Waals surface area (Å²) in [6, 6.07) is 36.2. The third kappa shape index (κ3) is 6.57. The largest absolute Gasteiger partial charge is 0.310 e. The maximum atomic E-state index is 2.43. The van der Waals surface area contributed by atoms with Crippen molar-refractivity contribution >= 4 is 47.4 Å². The minimum Gasteiger partial charge on any atom is -0.310 e. The van der Waals surface area contributed by atoms with Crippen LogP contribution in [-0.4, -0.2) is 7.85 Å². The Balaban J connectivity index is 1.64. The van der Waals surface area contributed by atoms with Crippen molar-refractivity contribution in [2.24, 2.45) is 0 Å². The maximum absolute atomic E-state index is 2.43. The number of hydrogen-bond donors (Lipinski definition) is 0. The van der Waals surface area contributed by atoms with Gasteiger partial charge < -0.3 is 9.80 Å². The Labute approximate surface area is 260 Å². The average molecular weight is 565 g/mol. The molecule has 0 aliphatic rings. The Bertz CT molecular complexity index is 1650. The summed E-state index contributed by atoms with van der Waals surface area (Å²) in [4.78, 5) is 4.83. The van der Waals surface area contributed by atoms with E-state index in [0.29, 0.717) is 0 Å². The van der Waals surface area contributed by atoms with Crippen LogP contribution < -0.4 is 15.3 Å². The topological polar surface area (TPSA) is 6.48 Å². The molecule has 0 spiro atoms. The van der Waals surface area contributed by atoms with Crippen molar-refractivity contribution in [3.63, 3.8) is 0 Å². The molecule has 0 saturated carbocycles. The lowest BCUT2D eigenvalue weighted by molar-refractivity contribution is 0.794. The maximum Gasteiger partial charge on any atom is 0.139 e. The Morgan fingerprint density at radius 1 is 0.488 bits per heavy atom. The van der Waals surface area contributed by atoms with Gasteiger partial charge in [0.25, 0.3) is 0 Å². The van der Waals surface area contributed by atoms with E-state index in [2.05, 4.69) is 163 Å². The van der Waals surface area contributed by atoms with Crippen molar-refractivity contribution < 1.29 is 0 Å². The zero-order chi connectivity index (χ0) is 30.7. The van der Waals surface area contributed by atoms with Crippen molar-refractivity contribution in [3.05, 3.63) is 136 Å². The predicted octanol–water partition coefficient (Wildman–Crippen LogP) is 10.1. The lowest BCUT2D eigenvalue weighted by Gasteiger charge is -2.31. The number of nitrogens with zero attached hydrogens (tertiary/aromatic N) is 2. The summed E-state index contributed by atoms with van der Waals surface area (Å²) in [5.41, 5.74) is 17.6. The standard InChI is InChI=1S/C40H45BN2/c1-8-9-10-33-23-29(4)39(30(5)24-33)42(35-15-11-27(2)12-16-35)37-19-21-38(22-20-37)43(36-17-13-28(3)14-18-36)40-31(6)25-34(41)26-32(40)7/h11-26H,8-10,41H2,1-7H3. The number of anilines is 6. The van der Waals surface area contributed by atoms with E-state index in [1.54, 1.807) is 0 Å². The van der Waals surface area contributed by atoms with Gasteiger partial charge in [-0.25, -0.2) is 0 Å². The van der Waals surface area contributed by atoms with Crippen LogP contribution in [0.4, 0.5) is 34.1 Å². The number of rotatable bonds is 9. The van der Waals surface area contributed by atoms with E-state index in [1.807, 2.05) is 0 Å². The molecule has 0 heterocycles. The van der Waals surface area contributed by atoms with Gasteiger partial charge in [-0.15, -0.1) is 0 Å². The molecule has 5 aromatic carbocycles. The highest BCUT2D eigenvalue weighted by Gasteiger charge is 2.21. The zero-order valence-corrected chi connectivity index (χ0v) is 27.3. The summed E-state index contributed by atoms with van der Waals surface area (Å²) >= 11 is 0. The molecule has 0 unspecified atom stereocenters. The van der Waals surface area contributed by atoms with Gasteiger partial charge in [0.1, 0.15) is 7.85 Å². The Hall–Kier alpha value is -4.24. The lowest BCUT2D eigenvalue weighted by Crippen LogP contribution is -2.16. The first-order valence-corrected chi connectivity index (χ1v) is 15.7. The van der Waals surface area contributed by atoms with E-state index < -0.39 is 0 Å². The first kappa shape index (κ1) is 30.2. The fourth-order valence-corrected chi connectivity index (χ4v) is 6.40. The van der Waals surface area contributed by atoms with Gasteiger partial charge >= 0.3 is 0 Å². The average Bonchev–Trinajstić information content (AvgIpc) is 2.97. The summed E-state index contributed by atoms with van der Waals surface area (Å²) in [5, 5.41) is 0. The minimum absolute atomic E-state index is 1.13. The van der Waals surface area contributed by atoms with Crippen LogP contribution >= 0.6 is 0 Å². The second-order valence-corrected chi connectivity index (χ2v) is 12.3. The number of hydrogen-bond acceptors (Lipinski definition) is 2. The van der Waals surface area contributed by atoms with Gasteiger partial charge in [-0.3, -0.25) is 0 Å². The minimum atomic E-state index is 1.13. The molecular weight excluding hydrogens is 519 g/mol. The van der Waals surface area contributed by atoms with Crippen molar-refractivity contribution in [2.75, 3.05) is 9.80 Å². The van der Waals surface area contributed by atoms with Gasteiger partial charge in [-0.1, -0.05) is 78.5 Å². The van der Waals surface area contributed by atoms with Crippen LogP contribution in [0.1, 0.15) is 58.7 Å². The number of unbranched alkanes of at least 4 members (excludes halogenated alkanes) is 1. The molecule has 43 heavy (non-hydrogen) atoms. The van der Waals surface area contributed by atoms with Crippen molar-refractivity contribution in [1.29, 1.82) is 0 Å². The Morgan fingerprint density at radius 2 is 0.814 bits per heavy atom. The van der Waals surface area contributed by atoms with Gasteiger partial charge in [0.2, 0.25) is 0 Å². The molecule has 2 nitrogen and oxygen atoms in total. The van der Waals surface area contributed by atoms with Crippen molar-refractivity contribution in [3.8, 4) is 0 Å². The molecule has 218 valence electrons. The van der Waals surface area contributed by atoms with E-state index >= 15 is 0 Å². The molecule has 0 aromatic heterocycles. The molecule has 3 heteroatoms. The van der Waals surface area contributed by atoms with Crippen molar-refractivity contribution in [1.82, 2.24) is 0 Å². The first-order valence-electron chi connectivity index (χ1n) is 15.7. The van der Waals surface area contributed by atoms with Crippen LogP contribution in [0.2, 0.25) is 0 Å². The highest BCUT2D eigenvalue weighted by atomic mass is 15.2. The van der Waals surface area contributed by atoms with Crippen LogP contribution in [0.15, 0.2) is 97.1 Å². The highest BCUT2D eigenvalue weighted by molar-refractivity contribution is 6.32. The Kier molecular flexibility index (Phi) is 9.11. The molecule has 0 bridgehead atoms. The summed E-state index contributed by atoms with van der Waals surface area (Å²) < 4.78 is 0. The van der Waals surface area contributed by atoms with Crippen molar-refractivity contribution in [2.45, 2.75) is 67.7 Å². The second kappa shape index (κ2) is 13.0. The summed E-state index contributed by atoms with van der Waals surface area (Å²) in [6.07, 6.45) is 3.56. The van der Waals surface area contributed by atoms with Gasteiger partial charge in [0.15, 0.2) is 0 Å². The molecule has 0 atom stereocenters.